The number of benzene rings is 1. The van der Waals surface area contributed by atoms with Gasteiger partial charge in [0.2, 0.25) is 0 Å². The maximum absolute atomic E-state index is 6.34. The molecule has 3 nitrogen and oxygen atoms in total. The van der Waals surface area contributed by atoms with Crippen molar-refractivity contribution < 1.29 is 0 Å². The summed E-state index contributed by atoms with van der Waals surface area (Å²) >= 11 is 5.11. The third-order valence-electron chi connectivity index (χ3n) is 2.94. The lowest BCUT2D eigenvalue weighted by atomic mass is 10.1. The van der Waals surface area contributed by atoms with Crippen molar-refractivity contribution in [1.29, 1.82) is 0 Å². The molecule has 3 aromatic rings. The first kappa shape index (κ1) is 12.6. The molecule has 0 saturated carbocycles. The highest BCUT2D eigenvalue weighted by molar-refractivity contribution is 9.11. The summed E-state index contributed by atoms with van der Waals surface area (Å²) in [6.45, 7) is 0. The molecule has 0 spiro atoms. The summed E-state index contributed by atoms with van der Waals surface area (Å²) in [6, 6.07) is 13.9. The molecule has 0 radical (unpaired) electrons. The number of nitrogens with zero attached hydrogens (tertiary/aromatic N) is 2. The van der Waals surface area contributed by atoms with E-state index in [1.807, 2.05) is 41.1 Å². The number of para-hydroxylation sites is 1. The average molecular weight is 334 g/mol. The average Bonchev–Trinajstić information content (AvgIpc) is 3.07. The SMILES string of the molecule is NC(c1csc(Br)c1)c1ccnn1-c1ccccc1. The fourth-order valence-corrected chi connectivity index (χ4v) is 3.20. The van der Waals surface area contributed by atoms with E-state index in [1.165, 1.54) is 0 Å². The van der Waals surface area contributed by atoms with Crippen LogP contribution in [-0.2, 0) is 0 Å². The Balaban J connectivity index is 2.01. The van der Waals surface area contributed by atoms with E-state index in [1.54, 1.807) is 17.5 Å². The van der Waals surface area contributed by atoms with Gasteiger partial charge in [-0.05, 0) is 51.1 Å². The second kappa shape index (κ2) is 5.28. The van der Waals surface area contributed by atoms with Crippen molar-refractivity contribution in [2.45, 2.75) is 6.04 Å². The third-order valence-corrected chi connectivity index (χ3v) is 4.46. The lowest BCUT2D eigenvalue weighted by Gasteiger charge is -2.13. The Hall–Kier alpha value is -1.43. The molecule has 2 heterocycles. The molecular weight excluding hydrogens is 322 g/mol. The van der Waals surface area contributed by atoms with Gasteiger partial charge in [0.15, 0.2) is 0 Å². The van der Waals surface area contributed by atoms with Gasteiger partial charge in [0, 0.05) is 6.20 Å². The minimum absolute atomic E-state index is 0.176. The molecule has 19 heavy (non-hydrogen) atoms. The minimum atomic E-state index is -0.176. The van der Waals surface area contributed by atoms with Crippen LogP contribution in [0.25, 0.3) is 5.69 Å². The number of hydrogen-bond donors (Lipinski definition) is 1. The molecule has 0 fully saturated rings. The molecule has 0 amide bonds. The maximum atomic E-state index is 6.34. The van der Waals surface area contributed by atoms with Crippen LogP contribution in [0.15, 0.2) is 57.8 Å². The Kier molecular flexibility index (Phi) is 3.50. The molecule has 3 rings (SSSR count). The van der Waals surface area contributed by atoms with E-state index < -0.39 is 0 Å². The van der Waals surface area contributed by atoms with Gasteiger partial charge in [-0.1, -0.05) is 18.2 Å². The predicted octanol–water partition coefficient (Wildman–Crippen LogP) is 3.74. The number of aromatic nitrogens is 2. The Bertz CT molecular complexity index is 675. The monoisotopic (exact) mass is 333 g/mol. The molecule has 0 bridgehead atoms. The van der Waals surface area contributed by atoms with Crippen LogP contribution in [0.2, 0.25) is 0 Å². The summed E-state index contributed by atoms with van der Waals surface area (Å²) in [5, 5.41) is 6.43. The van der Waals surface area contributed by atoms with Gasteiger partial charge in [-0.3, -0.25) is 0 Å². The zero-order chi connectivity index (χ0) is 13.2. The topological polar surface area (TPSA) is 43.8 Å². The summed E-state index contributed by atoms with van der Waals surface area (Å²) in [6.07, 6.45) is 1.78. The first-order valence-corrected chi connectivity index (χ1v) is 7.52. The number of halogens is 1. The molecule has 5 heteroatoms. The van der Waals surface area contributed by atoms with Crippen LogP contribution in [-0.4, -0.2) is 9.78 Å². The highest BCUT2D eigenvalue weighted by Crippen LogP contribution is 2.28. The quantitative estimate of drug-likeness (QED) is 0.793. The van der Waals surface area contributed by atoms with Gasteiger partial charge >= 0.3 is 0 Å². The van der Waals surface area contributed by atoms with Crippen LogP contribution in [0.4, 0.5) is 0 Å². The van der Waals surface area contributed by atoms with Crippen molar-refractivity contribution in [2.75, 3.05) is 0 Å². The second-order valence-corrected chi connectivity index (χ2v) is 6.46. The fraction of sp³-hybridized carbons (Fsp3) is 0.0714. The Labute approximate surface area is 123 Å². The zero-order valence-electron chi connectivity index (χ0n) is 10.0. The van der Waals surface area contributed by atoms with Crippen molar-refractivity contribution in [3.05, 3.63) is 69.1 Å². The van der Waals surface area contributed by atoms with Gasteiger partial charge in [-0.25, -0.2) is 4.68 Å². The van der Waals surface area contributed by atoms with Gasteiger partial charge in [-0.2, -0.15) is 5.10 Å². The smallest absolute Gasteiger partial charge is 0.0736 e. The van der Waals surface area contributed by atoms with E-state index in [0.29, 0.717) is 0 Å². The van der Waals surface area contributed by atoms with Gasteiger partial charge < -0.3 is 5.73 Å². The normalized spacial score (nSPS) is 12.5. The van der Waals surface area contributed by atoms with Crippen LogP contribution >= 0.6 is 27.3 Å². The zero-order valence-corrected chi connectivity index (χ0v) is 12.4. The van der Waals surface area contributed by atoms with E-state index in [0.717, 1.165) is 20.7 Å². The van der Waals surface area contributed by atoms with Gasteiger partial charge in [0.05, 0.1) is 21.2 Å². The van der Waals surface area contributed by atoms with Crippen molar-refractivity contribution in [2.24, 2.45) is 5.73 Å². The molecule has 2 aromatic heterocycles. The lowest BCUT2D eigenvalue weighted by Crippen LogP contribution is -2.16. The third kappa shape index (κ3) is 2.49. The standard InChI is InChI=1S/C14H12BrN3S/c15-13-8-10(9-19-13)14(16)12-6-7-17-18(12)11-4-2-1-3-5-11/h1-9,14H,16H2. The van der Waals surface area contributed by atoms with Crippen molar-refractivity contribution in [1.82, 2.24) is 9.78 Å². The number of hydrogen-bond acceptors (Lipinski definition) is 3. The highest BCUT2D eigenvalue weighted by Gasteiger charge is 2.16. The van der Waals surface area contributed by atoms with Crippen LogP contribution in [0.3, 0.4) is 0 Å². The van der Waals surface area contributed by atoms with Gasteiger partial charge in [0.1, 0.15) is 0 Å². The summed E-state index contributed by atoms with van der Waals surface area (Å²) in [5.74, 6) is 0. The Morgan fingerprint density at radius 3 is 2.68 bits per heavy atom. The van der Waals surface area contributed by atoms with Crippen molar-refractivity contribution in [3.8, 4) is 5.69 Å². The maximum Gasteiger partial charge on any atom is 0.0736 e. The molecule has 0 aliphatic heterocycles. The first-order chi connectivity index (χ1) is 9.25. The summed E-state index contributed by atoms with van der Waals surface area (Å²) < 4.78 is 2.97. The number of rotatable bonds is 3. The highest BCUT2D eigenvalue weighted by atomic mass is 79.9. The molecule has 1 atom stereocenters. The van der Waals surface area contributed by atoms with Gasteiger partial charge in [0.25, 0.3) is 0 Å². The van der Waals surface area contributed by atoms with Crippen LogP contribution in [0.5, 0.6) is 0 Å². The summed E-state index contributed by atoms with van der Waals surface area (Å²) in [7, 11) is 0. The molecule has 0 aliphatic carbocycles. The Morgan fingerprint density at radius 2 is 2.00 bits per heavy atom. The van der Waals surface area contributed by atoms with Crippen LogP contribution in [0, 0.1) is 0 Å². The molecule has 96 valence electrons. The van der Waals surface area contributed by atoms with Crippen molar-refractivity contribution in [3.63, 3.8) is 0 Å². The van der Waals surface area contributed by atoms with E-state index in [4.69, 9.17) is 5.73 Å². The van der Waals surface area contributed by atoms with E-state index >= 15 is 0 Å². The summed E-state index contributed by atoms with van der Waals surface area (Å²) in [4.78, 5) is 0. The molecule has 1 unspecified atom stereocenters. The van der Waals surface area contributed by atoms with E-state index in [2.05, 4.69) is 32.5 Å². The number of thiophene rings is 1. The largest absolute Gasteiger partial charge is 0.319 e. The van der Waals surface area contributed by atoms with Crippen molar-refractivity contribution >= 4 is 27.3 Å². The number of nitrogens with two attached hydrogens (primary N) is 1. The first-order valence-electron chi connectivity index (χ1n) is 5.84. The van der Waals surface area contributed by atoms with Crippen LogP contribution < -0.4 is 5.73 Å². The molecule has 0 saturated heterocycles. The molecule has 1 aromatic carbocycles. The summed E-state index contributed by atoms with van der Waals surface area (Å²) in [5.41, 5.74) is 9.43. The molecule has 2 N–H and O–H groups in total. The van der Waals surface area contributed by atoms with E-state index in [-0.39, 0.29) is 6.04 Å². The second-order valence-electron chi connectivity index (χ2n) is 4.17. The Morgan fingerprint density at radius 1 is 1.21 bits per heavy atom. The minimum Gasteiger partial charge on any atom is -0.319 e. The molecular formula is C14H12BrN3S. The van der Waals surface area contributed by atoms with E-state index in [9.17, 15) is 0 Å². The lowest BCUT2D eigenvalue weighted by molar-refractivity contribution is 0.741. The fourth-order valence-electron chi connectivity index (χ4n) is 1.99. The van der Waals surface area contributed by atoms with Crippen LogP contribution in [0.1, 0.15) is 17.3 Å². The van der Waals surface area contributed by atoms with Gasteiger partial charge in [-0.15, -0.1) is 11.3 Å². The predicted molar refractivity (Wildman–Crippen MR) is 81.6 cm³/mol. The molecule has 0 aliphatic rings.